The summed E-state index contributed by atoms with van der Waals surface area (Å²) < 4.78 is 24.2. The number of nitrogens with one attached hydrogen (secondary N) is 3. The van der Waals surface area contributed by atoms with Crippen molar-refractivity contribution in [3.05, 3.63) is 58.1 Å². The molecular weight excluding hydrogens is 571 g/mol. The third-order valence-electron chi connectivity index (χ3n) is 8.73. The zero-order valence-electron chi connectivity index (χ0n) is 23.9. The maximum Gasteiger partial charge on any atom is 0.322 e. The Hall–Kier alpha value is -4.94. The molecule has 228 valence electrons. The molecule has 0 radical (unpaired) electrons. The number of pyridine rings is 1. The Labute approximate surface area is 251 Å². The number of carbonyl (C=O) groups excluding carboxylic acids is 4. The minimum Gasteiger partial charge on any atom is -0.451 e. The fourth-order valence-electron chi connectivity index (χ4n) is 6.64. The van der Waals surface area contributed by atoms with Gasteiger partial charge in [0.25, 0.3) is 11.8 Å². The number of hydrogen-bond acceptors (Lipinski definition) is 7. The quantitative estimate of drug-likeness (QED) is 0.298. The second-order valence-corrected chi connectivity index (χ2v) is 11.7. The number of ether oxygens (including phenoxy) is 1. The van der Waals surface area contributed by atoms with Crippen LogP contribution in [-0.4, -0.2) is 71.5 Å². The van der Waals surface area contributed by atoms with E-state index in [0.29, 0.717) is 49.4 Å². The van der Waals surface area contributed by atoms with Crippen LogP contribution in [0.4, 0.5) is 14.9 Å². The highest BCUT2D eigenvalue weighted by Crippen LogP contribution is 2.47. The molecule has 4 aliphatic rings. The van der Waals surface area contributed by atoms with Crippen LogP contribution in [0.5, 0.6) is 11.5 Å². The van der Waals surface area contributed by atoms with E-state index in [2.05, 4.69) is 16.0 Å². The first-order valence-electron chi connectivity index (χ1n) is 14.9. The van der Waals surface area contributed by atoms with Gasteiger partial charge in [0.05, 0.1) is 17.5 Å². The minimum absolute atomic E-state index is 0.0120. The van der Waals surface area contributed by atoms with E-state index < -0.39 is 35.1 Å². The molecule has 0 saturated carbocycles. The van der Waals surface area contributed by atoms with Gasteiger partial charge < -0.3 is 29.7 Å². The van der Waals surface area contributed by atoms with Crippen LogP contribution >= 0.6 is 0 Å². The monoisotopic (exact) mass is 602 g/mol. The van der Waals surface area contributed by atoms with E-state index in [0.717, 1.165) is 19.3 Å². The molecule has 13 heteroatoms. The van der Waals surface area contributed by atoms with Crippen LogP contribution in [0.3, 0.4) is 0 Å². The lowest BCUT2D eigenvalue weighted by molar-refractivity contribution is -0.126. The van der Waals surface area contributed by atoms with E-state index in [1.165, 1.54) is 6.07 Å². The van der Waals surface area contributed by atoms with Crippen molar-refractivity contribution in [2.24, 2.45) is 0 Å². The van der Waals surface area contributed by atoms with Crippen LogP contribution in [0.2, 0.25) is 0 Å². The summed E-state index contributed by atoms with van der Waals surface area (Å²) >= 11 is 0. The van der Waals surface area contributed by atoms with Crippen LogP contribution < -0.4 is 31.0 Å². The number of anilines is 1. The number of imide groups is 1. The Bertz CT molecular complexity index is 1780. The Morgan fingerprint density at radius 1 is 1.05 bits per heavy atom. The second kappa shape index (κ2) is 11.0. The summed E-state index contributed by atoms with van der Waals surface area (Å²) in [5, 5.41) is 7.48. The van der Waals surface area contributed by atoms with Gasteiger partial charge in [0.1, 0.15) is 22.8 Å². The van der Waals surface area contributed by atoms with E-state index in [9.17, 15) is 24.0 Å². The molecule has 0 aliphatic carbocycles. The van der Waals surface area contributed by atoms with Gasteiger partial charge >= 0.3 is 6.03 Å². The Morgan fingerprint density at radius 2 is 1.84 bits per heavy atom. The summed E-state index contributed by atoms with van der Waals surface area (Å²) in [6, 6.07) is 6.43. The molecule has 4 aliphatic heterocycles. The van der Waals surface area contributed by atoms with Crippen LogP contribution in [0.15, 0.2) is 41.3 Å². The number of hydrogen-bond donors (Lipinski definition) is 3. The normalized spacial score (nSPS) is 20.9. The smallest absolute Gasteiger partial charge is 0.322 e. The molecule has 0 spiro atoms. The molecule has 7 rings (SSSR count). The van der Waals surface area contributed by atoms with Crippen LogP contribution in [0.25, 0.3) is 16.6 Å². The number of likely N-dealkylation sites (tertiary alicyclic amines) is 1. The molecule has 2 aromatic carbocycles. The third-order valence-corrected chi connectivity index (χ3v) is 8.73. The van der Waals surface area contributed by atoms with Crippen LogP contribution in [0.1, 0.15) is 48.9 Å². The highest BCUT2D eigenvalue weighted by molar-refractivity contribution is 6.06. The van der Waals surface area contributed by atoms with Crippen molar-refractivity contribution < 1.29 is 28.3 Å². The summed E-state index contributed by atoms with van der Waals surface area (Å²) in [5.41, 5.74) is 0.601. The summed E-state index contributed by atoms with van der Waals surface area (Å²) in [7, 11) is 0. The zero-order valence-corrected chi connectivity index (χ0v) is 23.9. The summed E-state index contributed by atoms with van der Waals surface area (Å²) in [6.07, 6.45) is 5.37. The largest absolute Gasteiger partial charge is 0.451 e. The highest BCUT2D eigenvalue weighted by Gasteiger charge is 2.35. The molecule has 1 aromatic heterocycles. The number of rotatable bonds is 5. The van der Waals surface area contributed by atoms with Crippen molar-refractivity contribution in [2.75, 3.05) is 31.1 Å². The lowest BCUT2D eigenvalue weighted by Gasteiger charge is -2.37. The Morgan fingerprint density at radius 3 is 2.61 bits per heavy atom. The molecule has 3 aromatic rings. The molecule has 5 amide bonds. The predicted molar refractivity (Wildman–Crippen MR) is 158 cm³/mol. The minimum atomic E-state index is -0.943. The van der Waals surface area contributed by atoms with Crippen LogP contribution in [-0.2, 0) is 9.59 Å². The lowest BCUT2D eigenvalue weighted by atomic mass is 10.0. The maximum absolute atomic E-state index is 16.2. The number of para-hydroxylation sites is 2. The van der Waals surface area contributed by atoms with Crippen molar-refractivity contribution in [3.8, 4) is 17.2 Å². The van der Waals surface area contributed by atoms with Gasteiger partial charge in [-0.2, -0.15) is 0 Å². The number of benzene rings is 2. The van der Waals surface area contributed by atoms with Gasteiger partial charge in [-0.25, -0.2) is 9.18 Å². The number of amides is 5. The zero-order chi connectivity index (χ0) is 30.5. The molecule has 44 heavy (non-hydrogen) atoms. The Kier molecular flexibility index (Phi) is 6.94. The number of aromatic nitrogens is 1. The molecule has 12 nitrogen and oxygen atoms in total. The molecule has 3 saturated heterocycles. The van der Waals surface area contributed by atoms with Crippen molar-refractivity contribution >= 4 is 40.3 Å². The predicted octanol–water partition coefficient (Wildman–Crippen LogP) is 2.54. The first-order valence-corrected chi connectivity index (χ1v) is 14.9. The first kappa shape index (κ1) is 27.9. The molecule has 5 heterocycles. The number of nitrogens with zero attached hydrogens (tertiary/aromatic N) is 3. The summed E-state index contributed by atoms with van der Waals surface area (Å²) in [6.45, 7) is 1.88. The highest BCUT2D eigenvalue weighted by atomic mass is 19.1. The number of carbonyl (C=O) groups is 4. The number of piperidine rings is 2. The number of fused-ring (bicyclic) bond motifs is 2. The standard InChI is InChI=1S/C31H31FN6O6/c32-20-13-18-25-28(26(20)37-12-6-7-17(15-37)33-24(39)14-21-29(41)35-31(43)34-21)44-23-9-3-2-8-22(23)38(25)16-19(27(18)40)30(42)36-10-4-1-5-11-36/h2-3,8-9,13,16-17,21H,1,4-7,10-12,14-15H2,(H,33,39)(H2,34,35,41,43). The van der Waals surface area contributed by atoms with Gasteiger partial charge in [-0.15, -0.1) is 0 Å². The van der Waals surface area contributed by atoms with Crippen molar-refractivity contribution in [1.82, 2.24) is 25.4 Å². The second-order valence-electron chi connectivity index (χ2n) is 11.7. The SMILES string of the molecule is O=C(CC1NC(=O)NC1=O)NC1CCCN(c2c(F)cc3c(=O)c(C(=O)N4CCCCC4)cn4c3c2Oc2ccccc2-4)C1. The average molecular weight is 603 g/mol. The van der Waals surface area contributed by atoms with Crippen molar-refractivity contribution in [1.29, 1.82) is 0 Å². The lowest BCUT2D eigenvalue weighted by Crippen LogP contribution is -2.49. The molecule has 2 atom stereocenters. The van der Waals surface area contributed by atoms with E-state index in [1.54, 1.807) is 32.7 Å². The molecule has 0 bridgehead atoms. The van der Waals surface area contributed by atoms with Gasteiger partial charge in [0.15, 0.2) is 17.3 Å². The van der Waals surface area contributed by atoms with Crippen LogP contribution in [0, 0.1) is 5.82 Å². The summed E-state index contributed by atoms with van der Waals surface area (Å²) in [5.74, 6) is -1.38. The van der Waals surface area contributed by atoms with E-state index in [4.69, 9.17) is 4.74 Å². The number of urea groups is 1. The van der Waals surface area contributed by atoms with Crippen molar-refractivity contribution in [3.63, 3.8) is 0 Å². The molecule has 3 fully saturated rings. The summed E-state index contributed by atoms with van der Waals surface area (Å²) in [4.78, 5) is 66.8. The fourth-order valence-corrected chi connectivity index (χ4v) is 6.64. The third kappa shape index (κ3) is 4.81. The van der Waals surface area contributed by atoms with Gasteiger partial charge in [-0.05, 0) is 50.3 Å². The first-order chi connectivity index (χ1) is 21.3. The van der Waals surface area contributed by atoms with Gasteiger partial charge in [0.2, 0.25) is 11.3 Å². The molecule has 3 N–H and O–H groups in total. The maximum atomic E-state index is 16.2. The van der Waals surface area contributed by atoms with Gasteiger partial charge in [0, 0.05) is 38.4 Å². The van der Waals surface area contributed by atoms with E-state index in [-0.39, 0.29) is 47.3 Å². The average Bonchev–Trinajstić information content (AvgIpc) is 3.34. The van der Waals surface area contributed by atoms with Gasteiger partial charge in [-0.1, -0.05) is 12.1 Å². The van der Waals surface area contributed by atoms with Crippen molar-refractivity contribution in [2.45, 2.75) is 50.6 Å². The Balaban J connectivity index is 1.25. The van der Waals surface area contributed by atoms with Gasteiger partial charge in [-0.3, -0.25) is 24.5 Å². The van der Waals surface area contributed by atoms with E-state index >= 15 is 4.39 Å². The number of halogens is 1. The fraction of sp³-hybridized carbons (Fsp3) is 0.387. The topological polar surface area (TPSA) is 142 Å². The van der Waals surface area contributed by atoms with E-state index in [1.807, 2.05) is 12.1 Å². The molecule has 2 unspecified atom stereocenters. The molecular formula is C31H31FN6O6.